The summed E-state index contributed by atoms with van der Waals surface area (Å²) in [4.78, 5) is 13.9. The van der Waals surface area contributed by atoms with E-state index >= 15 is 0 Å². The summed E-state index contributed by atoms with van der Waals surface area (Å²) < 4.78 is 18.3. The van der Waals surface area contributed by atoms with Gasteiger partial charge in [0.2, 0.25) is 0 Å². The van der Waals surface area contributed by atoms with Crippen LogP contribution in [0.25, 0.3) is 0 Å². The van der Waals surface area contributed by atoms with Crippen LogP contribution in [-0.4, -0.2) is 9.91 Å². The van der Waals surface area contributed by atoms with Gasteiger partial charge in [0.05, 0.1) is 15.6 Å². The fourth-order valence-electron chi connectivity index (χ4n) is 1.33. The fourth-order valence-corrected chi connectivity index (χ4v) is 1.52. The highest BCUT2D eigenvalue weighted by Gasteiger charge is 2.18. The van der Waals surface area contributed by atoms with Crippen molar-refractivity contribution in [1.82, 2.24) is 4.98 Å². The van der Waals surface area contributed by atoms with E-state index in [1.807, 2.05) is 0 Å². The number of nitrogens with two attached hydrogens (primary N) is 1. The molecule has 0 atom stereocenters. The lowest BCUT2D eigenvalue weighted by molar-refractivity contribution is -0.386. The van der Waals surface area contributed by atoms with E-state index in [0.717, 1.165) is 12.1 Å². The van der Waals surface area contributed by atoms with Crippen LogP contribution < -0.4 is 10.5 Å². The van der Waals surface area contributed by atoms with Crippen molar-refractivity contribution in [2.45, 2.75) is 0 Å². The highest BCUT2D eigenvalue weighted by molar-refractivity contribution is 6.32. The zero-order valence-corrected chi connectivity index (χ0v) is 10.1. The largest absolute Gasteiger partial charge is 0.432 e. The molecule has 0 radical (unpaired) electrons. The Bertz CT molecular complexity index is 651. The minimum absolute atomic E-state index is 0.0117. The third-order valence-corrected chi connectivity index (χ3v) is 2.50. The molecule has 2 rings (SSSR count). The average molecular weight is 284 g/mol. The van der Waals surface area contributed by atoms with E-state index < -0.39 is 10.7 Å². The number of ether oxygens (including phenoxy) is 1. The molecule has 1 heterocycles. The summed E-state index contributed by atoms with van der Waals surface area (Å²) in [6.45, 7) is 0. The molecule has 0 amide bonds. The molecule has 2 aromatic rings. The number of rotatable bonds is 3. The van der Waals surface area contributed by atoms with Gasteiger partial charge in [-0.15, -0.1) is 0 Å². The predicted molar refractivity (Wildman–Crippen MR) is 66.8 cm³/mol. The molecule has 0 spiro atoms. The molecule has 0 unspecified atom stereocenters. The number of aromatic nitrogens is 1. The predicted octanol–water partition coefficient (Wildman–Crippen LogP) is 3.16. The quantitative estimate of drug-likeness (QED) is 0.531. The van der Waals surface area contributed by atoms with Crippen LogP contribution in [0.4, 0.5) is 15.8 Å². The summed E-state index contributed by atoms with van der Waals surface area (Å²) in [6, 6.07) is 4.71. The summed E-state index contributed by atoms with van der Waals surface area (Å²) in [6.07, 6.45) is 1.32. The number of benzene rings is 1. The number of nitrogen functional groups attached to an aromatic ring is 1. The maximum Gasteiger partial charge on any atom is 0.331 e. The second-order valence-corrected chi connectivity index (χ2v) is 3.90. The Kier molecular flexibility index (Phi) is 3.48. The highest BCUT2D eigenvalue weighted by Crippen LogP contribution is 2.35. The Labute approximate surface area is 111 Å². The van der Waals surface area contributed by atoms with Gasteiger partial charge in [-0.1, -0.05) is 11.6 Å². The molecule has 0 saturated heterocycles. The minimum atomic E-state index is -0.701. The van der Waals surface area contributed by atoms with Gasteiger partial charge in [0.25, 0.3) is 5.88 Å². The number of pyridine rings is 1. The van der Waals surface area contributed by atoms with Crippen LogP contribution in [0.5, 0.6) is 11.6 Å². The number of anilines is 1. The van der Waals surface area contributed by atoms with Crippen molar-refractivity contribution in [2.75, 3.05) is 5.73 Å². The summed E-state index contributed by atoms with van der Waals surface area (Å²) in [7, 11) is 0. The number of nitrogens with zero attached hydrogens (tertiary/aromatic N) is 2. The van der Waals surface area contributed by atoms with Gasteiger partial charge in [-0.3, -0.25) is 10.1 Å². The topological polar surface area (TPSA) is 91.3 Å². The van der Waals surface area contributed by atoms with Gasteiger partial charge < -0.3 is 10.5 Å². The first kappa shape index (κ1) is 13.0. The molecule has 8 heteroatoms. The third kappa shape index (κ3) is 2.71. The van der Waals surface area contributed by atoms with Crippen molar-refractivity contribution in [3.8, 4) is 11.6 Å². The van der Waals surface area contributed by atoms with Crippen molar-refractivity contribution >= 4 is 23.0 Å². The Morgan fingerprint density at radius 2 is 2.21 bits per heavy atom. The summed E-state index contributed by atoms with van der Waals surface area (Å²) in [5.74, 6) is -0.962. The van der Waals surface area contributed by atoms with E-state index in [4.69, 9.17) is 22.1 Å². The summed E-state index contributed by atoms with van der Waals surface area (Å²) in [5, 5.41) is 10.7. The maximum atomic E-state index is 13.1. The molecule has 1 aromatic carbocycles. The van der Waals surface area contributed by atoms with E-state index in [1.54, 1.807) is 0 Å². The van der Waals surface area contributed by atoms with E-state index in [9.17, 15) is 14.5 Å². The maximum absolute atomic E-state index is 13.1. The number of halogens is 2. The van der Waals surface area contributed by atoms with Crippen molar-refractivity contribution in [2.24, 2.45) is 0 Å². The van der Waals surface area contributed by atoms with E-state index in [0.29, 0.717) is 0 Å². The normalized spacial score (nSPS) is 10.2. The SMILES string of the molecule is Nc1cc(Oc2ncccc2[N+](=O)[O-])c(Cl)cc1F. The Balaban J connectivity index is 2.42. The molecule has 19 heavy (non-hydrogen) atoms. The van der Waals surface area contributed by atoms with Gasteiger partial charge >= 0.3 is 5.69 Å². The smallest absolute Gasteiger partial charge is 0.331 e. The molecular weight excluding hydrogens is 277 g/mol. The van der Waals surface area contributed by atoms with Crippen LogP contribution in [-0.2, 0) is 0 Å². The van der Waals surface area contributed by atoms with Crippen LogP contribution in [0.3, 0.4) is 0 Å². The lowest BCUT2D eigenvalue weighted by Crippen LogP contribution is -1.97. The molecule has 0 saturated carbocycles. The molecule has 6 nitrogen and oxygen atoms in total. The van der Waals surface area contributed by atoms with Gasteiger partial charge in [0, 0.05) is 18.3 Å². The Morgan fingerprint density at radius 3 is 2.89 bits per heavy atom. The molecular formula is C11H7ClFN3O3. The molecule has 2 N–H and O–H groups in total. The van der Waals surface area contributed by atoms with Gasteiger partial charge in [0.15, 0.2) is 5.75 Å². The Morgan fingerprint density at radius 1 is 1.47 bits per heavy atom. The van der Waals surface area contributed by atoms with Crippen molar-refractivity contribution in [3.63, 3.8) is 0 Å². The van der Waals surface area contributed by atoms with Crippen molar-refractivity contribution in [3.05, 3.63) is 51.4 Å². The summed E-state index contributed by atoms with van der Waals surface area (Å²) in [5.41, 5.74) is 4.86. The number of hydrogen-bond acceptors (Lipinski definition) is 5. The standard InChI is InChI=1S/C11H7ClFN3O3/c12-6-4-7(13)8(14)5-10(6)19-11-9(16(17)18)2-1-3-15-11/h1-5H,14H2. The average Bonchev–Trinajstić information content (AvgIpc) is 2.36. The molecule has 0 aliphatic heterocycles. The van der Waals surface area contributed by atoms with Gasteiger partial charge in [-0.25, -0.2) is 9.37 Å². The third-order valence-electron chi connectivity index (χ3n) is 2.21. The van der Waals surface area contributed by atoms with Gasteiger partial charge in [0.1, 0.15) is 5.82 Å². The first-order valence-corrected chi connectivity index (χ1v) is 5.38. The van der Waals surface area contributed by atoms with Crippen LogP contribution in [0.1, 0.15) is 0 Å². The van der Waals surface area contributed by atoms with Crippen molar-refractivity contribution < 1.29 is 14.1 Å². The molecule has 0 aliphatic rings. The summed E-state index contributed by atoms with van der Waals surface area (Å²) >= 11 is 5.77. The first-order chi connectivity index (χ1) is 8.99. The zero-order valence-electron chi connectivity index (χ0n) is 9.34. The first-order valence-electron chi connectivity index (χ1n) is 5.01. The second-order valence-electron chi connectivity index (χ2n) is 3.49. The molecule has 0 aliphatic carbocycles. The Hall–Kier alpha value is -2.41. The van der Waals surface area contributed by atoms with Crippen LogP contribution >= 0.6 is 11.6 Å². The molecule has 0 bridgehead atoms. The fraction of sp³-hybridized carbons (Fsp3) is 0. The van der Waals surface area contributed by atoms with Crippen molar-refractivity contribution in [1.29, 1.82) is 0 Å². The zero-order chi connectivity index (χ0) is 14.0. The number of nitro groups is 1. The number of hydrogen-bond donors (Lipinski definition) is 1. The van der Waals surface area contributed by atoms with E-state index in [2.05, 4.69) is 4.98 Å². The van der Waals surface area contributed by atoms with Gasteiger partial charge in [-0.2, -0.15) is 0 Å². The van der Waals surface area contributed by atoms with Crippen LogP contribution in [0, 0.1) is 15.9 Å². The second kappa shape index (κ2) is 5.07. The minimum Gasteiger partial charge on any atom is -0.432 e. The highest BCUT2D eigenvalue weighted by atomic mass is 35.5. The van der Waals surface area contributed by atoms with Crippen LogP contribution in [0.2, 0.25) is 5.02 Å². The van der Waals surface area contributed by atoms with Crippen LogP contribution in [0.15, 0.2) is 30.5 Å². The lowest BCUT2D eigenvalue weighted by atomic mass is 10.3. The van der Waals surface area contributed by atoms with Gasteiger partial charge in [-0.05, 0) is 12.1 Å². The van der Waals surface area contributed by atoms with E-state index in [-0.39, 0.29) is 28.0 Å². The molecule has 0 fully saturated rings. The monoisotopic (exact) mass is 283 g/mol. The molecule has 98 valence electrons. The molecule has 1 aromatic heterocycles. The van der Waals surface area contributed by atoms with E-state index in [1.165, 1.54) is 18.3 Å². The lowest BCUT2D eigenvalue weighted by Gasteiger charge is -2.08.